The van der Waals surface area contributed by atoms with Crippen molar-refractivity contribution in [2.24, 2.45) is 0 Å². The fourth-order valence-electron chi connectivity index (χ4n) is 1.49. The first kappa shape index (κ1) is 10.3. The van der Waals surface area contributed by atoms with Gasteiger partial charge in [-0.3, -0.25) is 4.79 Å². The molecule has 0 radical (unpaired) electrons. The summed E-state index contributed by atoms with van der Waals surface area (Å²) in [6.45, 7) is 0.440. The summed E-state index contributed by atoms with van der Waals surface area (Å²) < 4.78 is 5.04. The van der Waals surface area contributed by atoms with E-state index in [1.807, 2.05) is 12.1 Å². The lowest BCUT2D eigenvalue weighted by molar-refractivity contribution is -0.124. The number of benzene rings is 1. The molecule has 15 heavy (non-hydrogen) atoms. The van der Waals surface area contributed by atoms with E-state index >= 15 is 0 Å². The molecule has 80 valence electrons. The Morgan fingerprint density at radius 2 is 2.33 bits per heavy atom. The minimum atomic E-state index is -0.492. The molecular weight excluding hydrogens is 216 g/mol. The number of fused-ring (bicyclic) bond motifs is 1. The first-order chi connectivity index (χ1) is 7.22. The van der Waals surface area contributed by atoms with Gasteiger partial charge < -0.3 is 15.4 Å². The maximum Gasteiger partial charge on any atom is 0.255 e. The quantitative estimate of drug-likeness (QED) is 0.767. The van der Waals surface area contributed by atoms with Gasteiger partial charge in [0.15, 0.2) is 6.10 Å². The number of nitrogens with one attached hydrogen (secondary N) is 2. The minimum absolute atomic E-state index is 0.183. The normalized spacial score (nSPS) is 19.9. The summed E-state index contributed by atoms with van der Waals surface area (Å²) in [5.74, 6) is -0.183. The van der Waals surface area contributed by atoms with Gasteiger partial charge in [0.1, 0.15) is 0 Å². The van der Waals surface area contributed by atoms with Gasteiger partial charge in [0.2, 0.25) is 0 Å². The van der Waals surface area contributed by atoms with Gasteiger partial charge in [-0.2, -0.15) is 0 Å². The molecule has 1 aromatic rings. The molecule has 2 N–H and O–H groups in total. The molecule has 0 spiro atoms. The molecular formula is C10H11ClN2O2. The lowest BCUT2D eigenvalue weighted by atomic mass is 10.2. The molecule has 0 aromatic heterocycles. The number of anilines is 2. The van der Waals surface area contributed by atoms with Crippen molar-refractivity contribution in [3.05, 3.63) is 23.2 Å². The van der Waals surface area contributed by atoms with Crippen LogP contribution in [0.2, 0.25) is 5.02 Å². The second-order valence-electron chi connectivity index (χ2n) is 3.26. The maximum absolute atomic E-state index is 11.6. The predicted molar refractivity (Wildman–Crippen MR) is 59.4 cm³/mol. The van der Waals surface area contributed by atoms with Crippen LogP contribution in [0.1, 0.15) is 0 Å². The van der Waals surface area contributed by atoms with E-state index in [2.05, 4.69) is 10.6 Å². The number of amides is 1. The molecule has 0 fully saturated rings. The highest BCUT2D eigenvalue weighted by molar-refractivity contribution is 6.34. The van der Waals surface area contributed by atoms with Crippen LogP contribution in [0.25, 0.3) is 0 Å². The zero-order chi connectivity index (χ0) is 10.8. The van der Waals surface area contributed by atoms with Gasteiger partial charge in [-0.05, 0) is 12.1 Å². The second-order valence-corrected chi connectivity index (χ2v) is 3.66. The maximum atomic E-state index is 11.6. The minimum Gasteiger partial charge on any atom is -0.380 e. The third-order valence-electron chi connectivity index (χ3n) is 2.32. The molecule has 4 nitrogen and oxygen atoms in total. The van der Waals surface area contributed by atoms with E-state index in [-0.39, 0.29) is 5.91 Å². The van der Waals surface area contributed by atoms with Gasteiger partial charge in [0.05, 0.1) is 22.9 Å². The molecule has 0 aliphatic carbocycles. The molecule has 1 amide bonds. The van der Waals surface area contributed by atoms with Crippen LogP contribution in [-0.4, -0.2) is 25.7 Å². The van der Waals surface area contributed by atoms with Crippen molar-refractivity contribution in [1.82, 2.24) is 0 Å². The van der Waals surface area contributed by atoms with Crippen molar-refractivity contribution in [3.8, 4) is 0 Å². The second kappa shape index (κ2) is 4.08. The Bertz CT molecular complexity index is 395. The molecule has 0 saturated carbocycles. The molecule has 1 unspecified atom stereocenters. The summed E-state index contributed by atoms with van der Waals surface area (Å²) in [5, 5.41) is 6.36. The first-order valence-corrected chi connectivity index (χ1v) is 4.96. The molecule has 1 atom stereocenters. The van der Waals surface area contributed by atoms with Crippen LogP contribution in [0, 0.1) is 0 Å². The predicted octanol–water partition coefficient (Wildman–Crippen LogP) is 1.72. The Kier molecular flexibility index (Phi) is 2.79. The van der Waals surface area contributed by atoms with E-state index in [1.54, 1.807) is 6.07 Å². The smallest absolute Gasteiger partial charge is 0.255 e. The summed E-state index contributed by atoms with van der Waals surface area (Å²) in [6, 6.07) is 5.42. The topological polar surface area (TPSA) is 50.4 Å². The van der Waals surface area contributed by atoms with Crippen molar-refractivity contribution in [3.63, 3.8) is 0 Å². The van der Waals surface area contributed by atoms with Crippen molar-refractivity contribution in [2.45, 2.75) is 6.10 Å². The van der Waals surface area contributed by atoms with E-state index in [4.69, 9.17) is 16.3 Å². The Labute approximate surface area is 92.6 Å². The molecule has 1 aromatic carbocycles. The van der Waals surface area contributed by atoms with Crippen LogP contribution in [0.5, 0.6) is 0 Å². The zero-order valence-corrected chi connectivity index (χ0v) is 8.97. The van der Waals surface area contributed by atoms with Crippen LogP contribution in [0.15, 0.2) is 18.2 Å². The molecule has 0 saturated heterocycles. The Hall–Kier alpha value is -1.26. The molecule has 1 heterocycles. The van der Waals surface area contributed by atoms with E-state index in [1.165, 1.54) is 7.11 Å². The van der Waals surface area contributed by atoms with Gasteiger partial charge in [-0.15, -0.1) is 0 Å². The lowest BCUT2D eigenvalue weighted by Gasteiger charge is -2.10. The zero-order valence-electron chi connectivity index (χ0n) is 8.21. The van der Waals surface area contributed by atoms with Gasteiger partial charge in [-0.25, -0.2) is 0 Å². The number of hydrogen-bond acceptors (Lipinski definition) is 3. The van der Waals surface area contributed by atoms with Crippen LogP contribution >= 0.6 is 11.6 Å². The molecule has 2 rings (SSSR count). The first-order valence-electron chi connectivity index (χ1n) is 4.58. The summed E-state index contributed by atoms with van der Waals surface area (Å²) in [4.78, 5) is 11.6. The number of carbonyl (C=O) groups excluding carboxylic acids is 1. The Balaban J connectivity index is 2.36. The molecule has 1 aliphatic rings. The number of halogens is 1. The van der Waals surface area contributed by atoms with E-state index in [0.29, 0.717) is 17.3 Å². The lowest BCUT2D eigenvalue weighted by Crippen LogP contribution is -2.32. The average Bonchev–Trinajstić information content (AvgIpc) is 2.38. The van der Waals surface area contributed by atoms with Crippen molar-refractivity contribution >= 4 is 28.9 Å². The number of carbonyl (C=O) groups is 1. The van der Waals surface area contributed by atoms with Crippen molar-refractivity contribution in [1.29, 1.82) is 0 Å². The van der Waals surface area contributed by atoms with E-state index < -0.39 is 6.10 Å². The highest BCUT2D eigenvalue weighted by Crippen LogP contribution is 2.31. The van der Waals surface area contributed by atoms with Gasteiger partial charge in [-0.1, -0.05) is 17.7 Å². The fraction of sp³-hybridized carbons (Fsp3) is 0.300. The van der Waals surface area contributed by atoms with Gasteiger partial charge >= 0.3 is 0 Å². The Morgan fingerprint density at radius 3 is 3.07 bits per heavy atom. The third-order valence-corrected chi connectivity index (χ3v) is 2.63. The van der Waals surface area contributed by atoms with Gasteiger partial charge in [0.25, 0.3) is 5.91 Å². The van der Waals surface area contributed by atoms with Crippen LogP contribution in [0.3, 0.4) is 0 Å². The monoisotopic (exact) mass is 226 g/mol. The Morgan fingerprint density at radius 1 is 1.53 bits per heavy atom. The third kappa shape index (κ3) is 1.91. The summed E-state index contributed by atoms with van der Waals surface area (Å²) in [7, 11) is 1.50. The van der Waals surface area contributed by atoms with Crippen LogP contribution in [-0.2, 0) is 9.53 Å². The SMILES string of the molecule is COC1CNc2cccc(Cl)c2NC1=O. The number of rotatable bonds is 1. The molecule has 0 bridgehead atoms. The summed E-state index contributed by atoms with van der Waals surface area (Å²) >= 11 is 5.98. The summed E-state index contributed by atoms with van der Waals surface area (Å²) in [5.41, 5.74) is 1.43. The van der Waals surface area contributed by atoms with E-state index in [0.717, 1.165) is 5.69 Å². The highest BCUT2D eigenvalue weighted by Gasteiger charge is 2.23. The average molecular weight is 227 g/mol. The van der Waals surface area contributed by atoms with Crippen molar-refractivity contribution < 1.29 is 9.53 Å². The molecule has 1 aliphatic heterocycles. The summed E-state index contributed by atoms with van der Waals surface area (Å²) in [6.07, 6.45) is -0.492. The van der Waals surface area contributed by atoms with Gasteiger partial charge in [0, 0.05) is 7.11 Å². The number of hydrogen-bond donors (Lipinski definition) is 2. The fourth-order valence-corrected chi connectivity index (χ4v) is 1.71. The van der Waals surface area contributed by atoms with Crippen LogP contribution in [0.4, 0.5) is 11.4 Å². The number of ether oxygens (including phenoxy) is 1. The highest BCUT2D eigenvalue weighted by atomic mass is 35.5. The molecule has 5 heteroatoms. The van der Waals surface area contributed by atoms with E-state index in [9.17, 15) is 4.79 Å². The largest absolute Gasteiger partial charge is 0.380 e. The number of para-hydroxylation sites is 1. The number of methoxy groups -OCH3 is 1. The standard InChI is InChI=1S/C10H11ClN2O2/c1-15-8-5-12-7-4-2-3-6(11)9(7)13-10(8)14/h2-4,8,12H,5H2,1H3,(H,13,14). The van der Waals surface area contributed by atoms with Crippen LogP contribution < -0.4 is 10.6 Å². The van der Waals surface area contributed by atoms with Crippen molar-refractivity contribution in [2.75, 3.05) is 24.3 Å².